The average Bonchev–Trinajstić information content (AvgIpc) is 3.45. The lowest BCUT2D eigenvalue weighted by atomic mass is 10.0. The number of carbonyl (C=O) groups is 1. The Morgan fingerprint density at radius 3 is 2.10 bits per heavy atom. The number of anilines is 1. The molecule has 29 heavy (non-hydrogen) atoms. The SMILES string of the molecule is CCCCC(=O)Nc1ncc(-c2ccc(-c3ccc(-c4cnc[nH]4)cc3)cc2)[nH]1. The van der Waals surface area contributed by atoms with E-state index in [1.165, 1.54) is 0 Å². The van der Waals surface area contributed by atoms with Crippen molar-refractivity contribution in [2.75, 3.05) is 5.32 Å². The second-order valence-corrected chi connectivity index (χ2v) is 6.92. The van der Waals surface area contributed by atoms with Gasteiger partial charge in [0.25, 0.3) is 0 Å². The van der Waals surface area contributed by atoms with Crippen LogP contribution in [0.1, 0.15) is 26.2 Å². The molecule has 0 bridgehead atoms. The Labute approximate surface area is 169 Å². The molecule has 3 N–H and O–H groups in total. The van der Waals surface area contributed by atoms with Gasteiger partial charge in [0, 0.05) is 6.42 Å². The van der Waals surface area contributed by atoms with Crippen molar-refractivity contribution in [1.82, 2.24) is 19.9 Å². The summed E-state index contributed by atoms with van der Waals surface area (Å²) in [4.78, 5) is 26.4. The number of amides is 1. The number of hydrogen-bond acceptors (Lipinski definition) is 3. The predicted octanol–water partition coefficient (Wildman–Crippen LogP) is 5.26. The van der Waals surface area contributed by atoms with Gasteiger partial charge in [0.2, 0.25) is 11.9 Å². The van der Waals surface area contributed by atoms with Crippen LogP contribution < -0.4 is 5.32 Å². The number of nitrogens with one attached hydrogen (secondary N) is 3. The highest BCUT2D eigenvalue weighted by molar-refractivity contribution is 5.89. The maximum absolute atomic E-state index is 11.8. The van der Waals surface area contributed by atoms with E-state index in [0.717, 1.165) is 46.5 Å². The first-order chi connectivity index (χ1) is 14.2. The first-order valence-electron chi connectivity index (χ1n) is 9.77. The molecule has 4 aromatic rings. The van der Waals surface area contributed by atoms with Crippen LogP contribution in [0.5, 0.6) is 0 Å². The number of H-pyrrole nitrogens is 2. The zero-order chi connectivity index (χ0) is 20.1. The van der Waals surface area contributed by atoms with E-state index in [1.54, 1.807) is 12.5 Å². The standard InChI is InChI=1S/C23H23N5O/c1-2-3-4-22(29)28-23-25-14-21(27-23)19-11-7-17(8-12-19)16-5-9-18(10-6-16)20-13-24-15-26-20/h5-15H,2-4H2,1H3,(H,24,26)(H2,25,27,28,29). The van der Waals surface area contributed by atoms with E-state index >= 15 is 0 Å². The van der Waals surface area contributed by atoms with Gasteiger partial charge in [-0.1, -0.05) is 61.9 Å². The number of benzene rings is 2. The molecule has 0 saturated carbocycles. The fourth-order valence-electron chi connectivity index (χ4n) is 3.16. The molecule has 0 radical (unpaired) electrons. The summed E-state index contributed by atoms with van der Waals surface area (Å²) in [6, 6.07) is 16.6. The summed E-state index contributed by atoms with van der Waals surface area (Å²) in [6.45, 7) is 2.07. The molecule has 1 amide bonds. The number of unbranched alkanes of at least 4 members (excludes halogenated alkanes) is 1. The first kappa shape index (κ1) is 18.7. The van der Waals surface area contributed by atoms with Gasteiger partial charge in [0.1, 0.15) is 0 Å². The molecule has 0 aliphatic rings. The lowest BCUT2D eigenvalue weighted by Crippen LogP contribution is -2.11. The molecule has 2 aromatic carbocycles. The molecule has 0 aliphatic heterocycles. The van der Waals surface area contributed by atoms with Crippen molar-refractivity contribution in [2.24, 2.45) is 0 Å². The molecule has 0 aliphatic carbocycles. The van der Waals surface area contributed by atoms with Gasteiger partial charge >= 0.3 is 0 Å². The van der Waals surface area contributed by atoms with E-state index in [9.17, 15) is 4.79 Å². The van der Waals surface area contributed by atoms with Crippen molar-refractivity contribution < 1.29 is 4.79 Å². The molecule has 146 valence electrons. The van der Waals surface area contributed by atoms with Crippen LogP contribution >= 0.6 is 0 Å². The number of aromatic nitrogens is 4. The van der Waals surface area contributed by atoms with Gasteiger partial charge in [-0.05, 0) is 28.7 Å². The molecule has 0 fully saturated rings. The maximum atomic E-state index is 11.8. The Kier molecular flexibility index (Phi) is 5.52. The van der Waals surface area contributed by atoms with E-state index in [2.05, 4.69) is 68.6 Å². The third kappa shape index (κ3) is 4.43. The van der Waals surface area contributed by atoms with Crippen LogP contribution in [0.3, 0.4) is 0 Å². The molecule has 4 rings (SSSR count). The number of rotatable bonds is 7. The minimum atomic E-state index is -0.0123. The Bertz CT molecular complexity index is 1060. The van der Waals surface area contributed by atoms with E-state index in [0.29, 0.717) is 12.4 Å². The van der Waals surface area contributed by atoms with Crippen LogP contribution in [0.4, 0.5) is 5.95 Å². The van der Waals surface area contributed by atoms with E-state index < -0.39 is 0 Å². The quantitative estimate of drug-likeness (QED) is 0.405. The molecule has 2 aromatic heterocycles. The molecule has 6 nitrogen and oxygen atoms in total. The minimum absolute atomic E-state index is 0.0123. The van der Waals surface area contributed by atoms with Crippen molar-refractivity contribution in [3.05, 3.63) is 67.3 Å². The third-order valence-electron chi connectivity index (χ3n) is 4.81. The Balaban J connectivity index is 1.45. The number of imidazole rings is 2. The smallest absolute Gasteiger partial charge is 0.226 e. The fourth-order valence-corrected chi connectivity index (χ4v) is 3.16. The highest BCUT2D eigenvalue weighted by atomic mass is 16.1. The van der Waals surface area contributed by atoms with Crippen molar-refractivity contribution in [2.45, 2.75) is 26.2 Å². The largest absolute Gasteiger partial charge is 0.345 e. The number of nitrogens with zero attached hydrogens (tertiary/aromatic N) is 2. The van der Waals surface area contributed by atoms with Gasteiger partial charge in [-0.15, -0.1) is 0 Å². The van der Waals surface area contributed by atoms with Crippen LogP contribution in [0.2, 0.25) is 0 Å². The van der Waals surface area contributed by atoms with E-state index in [-0.39, 0.29) is 5.91 Å². The molecule has 0 unspecified atom stereocenters. The van der Waals surface area contributed by atoms with Crippen molar-refractivity contribution in [3.8, 4) is 33.6 Å². The Hall–Kier alpha value is -3.67. The molecule has 0 saturated heterocycles. The predicted molar refractivity (Wildman–Crippen MR) is 115 cm³/mol. The number of hydrogen-bond donors (Lipinski definition) is 3. The summed E-state index contributed by atoms with van der Waals surface area (Å²) in [7, 11) is 0. The fraction of sp³-hybridized carbons (Fsp3) is 0.174. The third-order valence-corrected chi connectivity index (χ3v) is 4.81. The summed E-state index contributed by atoms with van der Waals surface area (Å²) in [5.41, 5.74) is 6.28. The van der Waals surface area contributed by atoms with Crippen LogP contribution in [-0.4, -0.2) is 25.8 Å². The van der Waals surface area contributed by atoms with Crippen LogP contribution in [0, 0.1) is 0 Å². The number of aromatic amines is 2. The van der Waals surface area contributed by atoms with Gasteiger partial charge in [0.15, 0.2) is 0 Å². The average molecular weight is 385 g/mol. The molecule has 0 atom stereocenters. The van der Waals surface area contributed by atoms with Gasteiger partial charge in [-0.3, -0.25) is 10.1 Å². The van der Waals surface area contributed by atoms with Crippen LogP contribution in [0.15, 0.2) is 67.3 Å². The number of carbonyl (C=O) groups excluding carboxylic acids is 1. The summed E-state index contributed by atoms with van der Waals surface area (Å²) >= 11 is 0. The van der Waals surface area contributed by atoms with Crippen molar-refractivity contribution in [3.63, 3.8) is 0 Å². The Morgan fingerprint density at radius 1 is 0.897 bits per heavy atom. The minimum Gasteiger partial charge on any atom is -0.345 e. The molecule has 6 heteroatoms. The first-order valence-corrected chi connectivity index (χ1v) is 9.77. The van der Waals surface area contributed by atoms with Gasteiger partial charge in [-0.25, -0.2) is 9.97 Å². The lowest BCUT2D eigenvalue weighted by Gasteiger charge is -2.05. The molecule has 2 heterocycles. The van der Waals surface area contributed by atoms with Crippen molar-refractivity contribution in [1.29, 1.82) is 0 Å². The summed E-state index contributed by atoms with van der Waals surface area (Å²) in [5, 5.41) is 2.81. The van der Waals surface area contributed by atoms with Crippen molar-refractivity contribution >= 4 is 11.9 Å². The second-order valence-electron chi connectivity index (χ2n) is 6.92. The highest BCUT2D eigenvalue weighted by Crippen LogP contribution is 2.26. The topological polar surface area (TPSA) is 86.5 Å². The van der Waals surface area contributed by atoms with E-state index in [1.807, 2.05) is 18.3 Å². The summed E-state index contributed by atoms with van der Waals surface area (Å²) in [6.07, 6.45) is 7.62. The van der Waals surface area contributed by atoms with Gasteiger partial charge in [-0.2, -0.15) is 0 Å². The lowest BCUT2D eigenvalue weighted by molar-refractivity contribution is -0.116. The van der Waals surface area contributed by atoms with E-state index in [4.69, 9.17) is 0 Å². The van der Waals surface area contributed by atoms with Gasteiger partial charge < -0.3 is 9.97 Å². The highest BCUT2D eigenvalue weighted by Gasteiger charge is 2.07. The maximum Gasteiger partial charge on any atom is 0.226 e. The monoisotopic (exact) mass is 385 g/mol. The van der Waals surface area contributed by atoms with Crippen LogP contribution in [-0.2, 0) is 4.79 Å². The second kappa shape index (κ2) is 8.56. The molecular formula is C23H23N5O. The Morgan fingerprint density at radius 2 is 1.52 bits per heavy atom. The summed E-state index contributed by atoms with van der Waals surface area (Å²) in [5.74, 6) is 0.473. The summed E-state index contributed by atoms with van der Waals surface area (Å²) < 4.78 is 0. The zero-order valence-electron chi connectivity index (χ0n) is 16.3. The normalized spacial score (nSPS) is 10.8. The zero-order valence-corrected chi connectivity index (χ0v) is 16.3. The molecule has 0 spiro atoms. The van der Waals surface area contributed by atoms with Gasteiger partial charge in [0.05, 0.1) is 30.1 Å². The van der Waals surface area contributed by atoms with Crippen LogP contribution in [0.25, 0.3) is 33.6 Å². The molecular weight excluding hydrogens is 362 g/mol.